The van der Waals surface area contributed by atoms with E-state index in [2.05, 4.69) is 0 Å². The number of carbonyl (C=O) groups is 1. The SMILES string of the molecule is Cn1c(=O)oc2cc(S(=O)(=O)N3CCC(CC(=O)O)CC3)ccc21. The predicted octanol–water partition coefficient (Wildman–Crippen LogP) is 1.01. The second kappa shape index (κ2) is 6.06. The molecule has 130 valence electrons. The molecule has 1 aliphatic heterocycles. The molecule has 0 amide bonds. The summed E-state index contributed by atoms with van der Waals surface area (Å²) in [6, 6.07) is 4.36. The van der Waals surface area contributed by atoms with Crippen molar-refractivity contribution in [3.8, 4) is 0 Å². The topological polar surface area (TPSA) is 110 Å². The third-order valence-electron chi connectivity index (χ3n) is 4.44. The van der Waals surface area contributed by atoms with Gasteiger partial charge in [0.15, 0.2) is 5.58 Å². The quantitative estimate of drug-likeness (QED) is 0.877. The zero-order valence-electron chi connectivity index (χ0n) is 13.1. The molecule has 1 aromatic carbocycles. The first-order chi connectivity index (χ1) is 11.3. The molecule has 2 aromatic rings. The smallest absolute Gasteiger partial charge is 0.419 e. The molecule has 1 fully saturated rings. The minimum atomic E-state index is -3.69. The fraction of sp³-hybridized carbons (Fsp3) is 0.467. The van der Waals surface area contributed by atoms with Crippen LogP contribution in [0.15, 0.2) is 32.3 Å². The van der Waals surface area contributed by atoms with Crippen molar-refractivity contribution in [1.82, 2.24) is 8.87 Å². The lowest BCUT2D eigenvalue weighted by molar-refractivity contribution is -0.138. The number of aliphatic carboxylic acids is 1. The second-order valence-electron chi connectivity index (χ2n) is 6.00. The van der Waals surface area contributed by atoms with E-state index in [1.807, 2.05) is 0 Å². The van der Waals surface area contributed by atoms with Crippen LogP contribution >= 0.6 is 0 Å². The Balaban J connectivity index is 1.83. The van der Waals surface area contributed by atoms with Crippen molar-refractivity contribution >= 4 is 27.1 Å². The number of aromatic nitrogens is 1. The van der Waals surface area contributed by atoms with Crippen molar-refractivity contribution in [2.24, 2.45) is 13.0 Å². The summed E-state index contributed by atoms with van der Waals surface area (Å²) < 4.78 is 33.2. The van der Waals surface area contributed by atoms with Crippen LogP contribution in [-0.4, -0.2) is 41.5 Å². The summed E-state index contributed by atoms with van der Waals surface area (Å²) in [6.45, 7) is 0.577. The summed E-state index contributed by atoms with van der Waals surface area (Å²) in [4.78, 5) is 22.3. The number of carboxylic acid groups (broad SMARTS) is 1. The largest absolute Gasteiger partial charge is 0.481 e. The van der Waals surface area contributed by atoms with Gasteiger partial charge in [0.2, 0.25) is 10.0 Å². The van der Waals surface area contributed by atoms with Gasteiger partial charge in [0, 0.05) is 32.6 Å². The molecular formula is C15H18N2O6S. The van der Waals surface area contributed by atoms with Crippen molar-refractivity contribution in [2.45, 2.75) is 24.2 Å². The molecule has 0 aliphatic carbocycles. The molecule has 0 spiro atoms. The number of nitrogens with zero attached hydrogens (tertiary/aromatic N) is 2. The Bertz CT molecular complexity index is 935. The third-order valence-corrected chi connectivity index (χ3v) is 6.33. The van der Waals surface area contributed by atoms with Gasteiger partial charge in [-0.25, -0.2) is 13.2 Å². The van der Waals surface area contributed by atoms with Gasteiger partial charge in [0.05, 0.1) is 10.4 Å². The maximum Gasteiger partial charge on any atom is 0.419 e. The van der Waals surface area contributed by atoms with Crippen molar-refractivity contribution in [2.75, 3.05) is 13.1 Å². The average Bonchev–Trinajstić information content (AvgIpc) is 2.81. The highest BCUT2D eigenvalue weighted by molar-refractivity contribution is 7.89. The van der Waals surface area contributed by atoms with Crippen LogP contribution < -0.4 is 5.76 Å². The molecule has 8 nitrogen and oxygen atoms in total. The number of fused-ring (bicyclic) bond motifs is 1. The van der Waals surface area contributed by atoms with Gasteiger partial charge in [0.25, 0.3) is 0 Å². The minimum absolute atomic E-state index is 0.00331. The Kier molecular flexibility index (Phi) is 4.22. The lowest BCUT2D eigenvalue weighted by Gasteiger charge is -2.30. The van der Waals surface area contributed by atoms with Crippen molar-refractivity contribution in [1.29, 1.82) is 0 Å². The van der Waals surface area contributed by atoms with Gasteiger partial charge < -0.3 is 9.52 Å². The Morgan fingerprint density at radius 3 is 2.62 bits per heavy atom. The number of oxazole rings is 1. The van der Waals surface area contributed by atoms with Crippen LogP contribution in [0.3, 0.4) is 0 Å². The molecule has 1 aliphatic rings. The molecule has 0 atom stereocenters. The van der Waals surface area contributed by atoms with E-state index in [0.717, 1.165) is 0 Å². The maximum atomic E-state index is 12.7. The van der Waals surface area contributed by atoms with Gasteiger partial charge in [-0.3, -0.25) is 9.36 Å². The van der Waals surface area contributed by atoms with E-state index in [1.54, 1.807) is 13.1 Å². The molecule has 1 saturated heterocycles. The normalized spacial score (nSPS) is 17.4. The number of benzene rings is 1. The monoisotopic (exact) mass is 354 g/mol. The van der Waals surface area contributed by atoms with Crippen LogP contribution in [0.5, 0.6) is 0 Å². The van der Waals surface area contributed by atoms with Gasteiger partial charge >= 0.3 is 11.7 Å². The Morgan fingerprint density at radius 1 is 1.33 bits per heavy atom. The molecule has 9 heteroatoms. The standard InChI is InChI=1S/C15H18N2O6S/c1-16-12-3-2-11(9-13(12)23-15(16)20)24(21,22)17-6-4-10(5-7-17)8-14(18)19/h2-3,9-10H,4-8H2,1H3,(H,18,19). The average molecular weight is 354 g/mol. The molecule has 0 radical (unpaired) electrons. The highest BCUT2D eigenvalue weighted by atomic mass is 32.2. The fourth-order valence-corrected chi connectivity index (χ4v) is 4.51. The van der Waals surface area contributed by atoms with E-state index in [1.165, 1.54) is 21.0 Å². The first-order valence-corrected chi connectivity index (χ1v) is 9.04. The summed E-state index contributed by atoms with van der Waals surface area (Å²) in [6.07, 6.45) is 1.11. The van der Waals surface area contributed by atoms with Gasteiger partial charge in [0.1, 0.15) is 0 Å². The number of piperidine rings is 1. The Hall–Kier alpha value is -2.13. The van der Waals surface area contributed by atoms with Crippen LogP contribution in [0.2, 0.25) is 0 Å². The number of aryl methyl sites for hydroxylation is 1. The van der Waals surface area contributed by atoms with Crippen LogP contribution in [0, 0.1) is 5.92 Å². The van der Waals surface area contributed by atoms with Crippen LogP contribution in [0.25, 0.3) is 11.1 Å². The van der Waals surface area contributed by atoms with Gasteiger partial charge in [-0.2, -0.15) is 4.31 Å². The number of hydrogen-bond donors (Lipinski definition) is 1. The van der Waals surface area contributed by atoms with Crippen molar-refractivity contribution < 1.29 is 22.7 Å². The molecule has 3 rings (SSSR count). The maximum absolute atomic E-state index is 12.7. The first kappa shape index (κ1) is 16.7. The molecular weight excluding hydrogens is 336 g/mol. The van der Waals surface area contributed by atoms with Crippen molar-refractivity contribution in [3.05, 3.63) is 28.7 Å². The number of sulfonamides is 1. The summed E-state index contributed by atoms with van der Waals surface area (Å²) >= 11 is 0. The zero-order chi connectivity index (χ0) is 17.5. The Labute approximate surface area is 138 Å². The van der Waals surface area contributed by atoms with E-state index in [0.29, 0.717) is 18.4 Å². The van der Waals surface area contributed by atoms with E-state index >= 15 is 0 Å². The Morgan fingerprint density at radius 2 is 2.00 bits per heavy atom. The predicted molar refractivity (Wildman–Crippen MR) is 85.2 cm³/mol. The van der Waals surface area contributed by atoms with Gasteiger partial charge in [-0.1, -0.05) is 0 Å². The van der Waals surface area contributed by atoms with Crippen molar-refractivity contribution in [3.63, 3.8) is 0 Å². The highest BCUT2D eigenvalue weighted by Crippen LogP contribution is 2.27. The summed E-state index contributed by atoms with van der Waals surface area (Å²) in [5.74, 6) is -1.40. The number of rotatable bonds is 4. The minimum Gasteiger partial charge on any atom is -0.481 e. The van der Waals surface area contributed by atoms with E-state index in [-0.39, 0.29) is 35.9 Å². The van der Waals surface area contributed by atoms with Gasteiger partial charge in [-0.05, 0) is 30.9 Å². The van der Waals surface area contributed by atoms with E-state index < -0.39 is 21.7 Å². The van der Waals surface area contributed by atoms with Crippen LogP contribution in [0.4, 0.5) is 0 Å². The molecule has 0 bridgehead atoms. The molecule has 1 N–H and O–H groups in total. The summed E-state index contributed by atoms with van der Waals surface area (Å²) in [7, 11) is -2.14. The van der Waals surface area contributed by atoms with E-state index in [9.17, 15) is 18.0 Å². The van der Waals surface area contributed by atoms with Crippen LogP contribution in [0.1, 0.15) is 19.3 Å². The fourth-order valence-electron chi connectivity index (χ4n) is 3.02. The summed E-state index contributed by atoms with van der Waals surface area (Å²) in [5.41, 5.74) is 0.753. The van der Waals surface area contributed by atoms with Crippen LogP contribution in [-0.2, 0) is 21.9 Å². The second-order valence-corrected chi connectivity index (χ2v) is 7.94. The van der Waals surface area contributed by atoms with Gasteiger partial charge in [-0.15, -0.1) is 0 Å². The molecule has 1 aromatic heterocycles. The lowest BCUT2D eigenvalue weighted by Crippen LogP contribution is -2.38. The molecule has 24 heavy (non-hydrogen) atoms. The lowest BCUT2D eigenvalue weighted by atomic mass is 9.95. The molecule has 0 unspecified atom stereocenters. The summed E-state index contributed by atoms with van der Waals surface area (Å²) in [5, 5.41) is 8.82. The third kappa shape index (κ3) is 2.96. The first-order valence-electron chi connectivity index (χ1n) is 7.60. The number of carboxylic acids is 1. The highest BCUT2D eigenvalue weighted by Gasteiger charge is 2.30. The molecule has 2 heterocycles. The zero-order valence-corrected chi connectivity index (χ0v) is 14.0. The van der Waals surface area contributed by atoms with E-state index in [4.69, 9.17) is 9.52 Å². The number of hydrogen-bond acceptors (Lipinski definition) is 5. The molecule has 0 saturated carbocycles.